The summed E-state index contributed by atoms with van der Waals surface area (Å²) in [4.78, 5) is 0. The number of nitrogens with one attached hydrogen (secondary N) is 1. The van der Waals surface area contributed by atoms with Crippen LogP contribution in [0.25, 0.3) is 0 Å². The first kappa shape index (κ1) is 11.9. The van der Waals surface area contributed by atoms with Gasteiger partial charge in [0.25, 0.3) is 0 Å². The molecule has 2 atom stereocenters. The predicted octanol–water partition coefficient (Wildman–Crippen LogP) is 0.901. The first-order chi connectivity index (χ1) is 6.55. The summed E-state index contributed by atoms with van der Waals surface area (Å²) in [5, 5.41) is 3.04. The maximum Gasteiger partial charge on any atom is 0.150 e. The van der Waals surface area contributed by atoms with Crippen molar-refractivity contribution in [3.05, 3.63) is 0 Å². The molecule has 1 heterocycles. The molecule has 1 rings (SSSR count). The Morgan fingerprint density at radius 1 is 1.57 bits per heavy atom. The Kier molecular flexibility index (Phi) is 4.31. The van der Waals surface area contributed by atoms with Gasteiger partial charge in [0, 0.05) is 11.8 Å². The van der Waals surface area contributed by atoms with E-state index in [1.807, 2.05) is 0 Å². The molecule has 84 valence electrons. The Bertz CT molecular complexity index is 260. The van der Waals surface area contributed by atoms with E-state index in [0.717, 1.165) is 19.4 Å². The van der Waals surface area contributed by atoms with Gasteiger partial charge in [0.1, 0.15) is 16.0 Å². The van der Waals surface area contributed by atoms with Crippen LogP contribution in [0.5, 0.6) is 0 Å². The first-order valence-corrected chi connectivity index (χ1v) is 6.95. The van der Waals surface area contributed by atoms with Crippen LogP contribution in [-0.4, -0.2) is 38.7 Å². The lowest BCUT2D eigenvalue weighted by Crippen LogP contribution is -2.33. The molecular weight excluding hydrogens is 205 g/mol. The van der Waals surface area contributed by atoms with Crippen molar-refractivity contribution in [1.29, 1.82) is 0 Å². The van der Waals surface area contributed by atoms with Crippen molar-refractivity contribution < 1.29 is 12.8 Å². The number of sulfone groups is 1. The molecule has 1 saturated heterocycles. The Hall–Kier alpha value is -0.160. The van der Waals surface area contributed by atoms with Gasteiger partial charge in [-0.25, -0.2) is 12.8 Å². The van der Waals surface area contributed by atoms with Crippen molar-refractivity contribution >= 4 is 9.84 Å². The molecule has 1 fully saturated rings. The molecule has 0 aromatic rings. The van der Waals surface area contributed by atoms with Gasteiger partial charge in [-0.3, -0.25) is 0 Å². The fourth-order valence-electron chi connectivity index (χ4n) is 1.66. The lowest BCUT2D eigenvalue weighted by molar-refractivity contribution is 0.258. The van der Waals surface area contributed by atoms with E-state index >= 15 is 0 Å². The molecule has 0 aliphatic carbocycles. The summed E-state index contributed by atoms with van der Waals surface area (Å²) >= 11 is 0. The van der Waals surface area contributed by atoms with Crippen LogP contribution in [0.3, 0.4) is 0 Å². The van der Waals surface area contributed by atoms with Gasteiger partial charge in [0.15, 0.2) is 0 Å². The van der Waals surface area contributed by atoms with Gasteiger partial charge in [-0.05, 0) is 25.8 Å². The fourth-order valence-corrected chi connectivity index (χ4v) is 2.53. The van der Waals surface area contributed by atoms with Crippen LogP contribution in [0.1, 0.15) is 26.2 Å². The highest BCUT2D eigenvalue weighted by Gasteiger charge is 2.25. The molecule has 1 aliphatic rings. The van der Waals surface area contributed by atoms with Gasteiger partial charge in [-0.1, -0.05) is 6.92 Å². The third-order valence-electron chi connectivity index (χ3n) is 2.68. The zero-order valence-electron chi connectivity index (χ0n) is 8.50. The Balaban J connectivity index is 2.30. The molecule has 14 heavy (non-hydrogen) atoms. The fraction of sp³-hybridized carbons (Fsp3) is 1.00. The highest BCUT2D eigenvalue weighted by atomic mass is 32.2. The van der Waals surface area contributed by atoms with E-state index in [2.05, 4.69) is 5.32 Å². The Labute approximate surface area is 85.0 Å². The lowest BCUT2D eigenvalue weighted by atomic mass is 10.1. The predicted molar refractivity (Wildman–Crippen MR) is 54.9 cm³/mol. The van der Waals surface area contributed by atoms with Gasteiger partial charge < -0.3 is 5.32 Å². The molecule has 1 aliphatic heterocycles. The van der Waals surface area contributed by atoms with E-state index < -0.39 is 16.0 Å². The zero-order valence-corrected chi connectivity index (χ0v) is 9.32. The van der Waals surface area contributed by atoms with Crippen LogP contribution in [0.2, 0.25) is 0 Å². The second-order valence-corrected chi connectivity index (χ2v) is 6.22. The van der Waals surface area contributed by atoms with Crippen molar-refractivity contribution in [3.63, 3.8) is 0 Å². The van der Waals surface area contributed by atoms with Crippen molar-refractivity contribution in [1.82, 2.24) is 5.32 Å². The molecule has 0 radical (unpaired) electrons. The molecule has 0 aromatic heterocycles. The number of halogens is 1. The second-order valence-electron chi connectivity index (χ2n) is 3.74. The number of alkyl halides is 1. The van der Waals surface area contributed by atoms with Gasteiger partial charge in [0.05, 0.1) is 5.75 Å². The van der Waals surface area contributed by atoms with E-state index in [1.165, 1.54) is 0 Å². The monoisotopic (exact) mass is 223 g/mol. The summed E-state index contributed by atoms with van der Waals surface area (Å²) in [6, 6.07) is -0.123. The molecule has 0 amide bonds. The number of hydrogen-bond acceptors (Lipinski definition) is 3. The first-order valence-electron chi connectivity index (χ1n) is 5.13. The van der Waals surface area contributed by atoms with Crippen LogP contribution in [0.4, 0.5) is 4.39 Å². The maximum absolute atomic E-state index is 13.4. The molecule has 0 spiro atoms. The minimum atomic E-state index is -3.01. The third kappa shape index (κ3) is 3.53. The van der Waals surface area contributed by atoms with E-state index in [9.17, 15) is 12.8 Å². The third-order valence-corrected chi connectivity index (χ3v) is 4.42. The molecule has 3 nitrogen and oxygen atoms in total. The normalized spacial score (nSPS) is 25.1. The number of rotatable bonds is 5. The molecule has 0 aromatic carbocycles. The van der Waals surface area contributed by atoms with Crippen LogP contribution in [0, 0.1) is 0 Å². The average molecular weight is 223 g/mol. The summed E-state index contributed by atoms with van der Waals surface area (Å²) < 4.78 is 35.7. The summed E-state index contributed by atoms with van der Waals surface area (Å²) in [5.41, 5.74) is 0. The highest BCUT2D eigenvalue weighted by Crippen LogP contribution is 2.15. The van der Waals surface area contributed by atoms with Crippen molar-refractivity contribution in [2.75, 3.05) is 18.1 Å². The maximum atomic E-state index is 13.4. The minimum absolute atomic E-state index is 0.0250. The number of hydrogen-bond donors (Lipinski definition) is 1. The lowest BCUT2D eigenvalue weighted by Gasteiger charge is -2.15. The Morgan fingerprint density at radius 3 is 2.79 bits per heavy atom. The van der Waals surface area contributed by atoms with E-state index in [1.54, 1.807) is 6.92 Å². The van der Waals surface area contributed by atoms with Crippen LogP contribution >= 0.6 is 0 Å². The topological polar surface area (TPSA) is 46.2 Å². The minimum Gasteiger partial charge on any atom is -0.311 e. The van der Waals surface area contributed by atoms with Crippen molar-refractivity contribution in [2.24, 2.45) is 0 Å². The summed E-state index contributed by atoms with van der Waals surface area (Å²) in [5.74, 6) is 0.0840. The van der Waals surface area contributed by atoms with Crippen LogP contribution in [-0.2, 0) is 9.84 Å². The van der Waals surface area contributed by atoms with Gasteiger partial charge >= 0.3 is 0 Å². The van der Waals surface area contributed by atoms with Crippen LogP contribution < -0.4 is 5.32 Å². The van der Waals surface area contributed by atoms with Gasteiger partial charge in [-0.15, -0.1) is 0 Å². The Morgan fingerprint density at radius 2 is 2.29 bits per heavy atom. The van der Waals surface area contributed by atoms with Gasteiger partial charge in [-0.2, -0.15) is 0 Å². The summed E-state index contributed by atoms with van der Waals surface area (Å²) in [7, 11) is -3.01. The van der Waals surface area contributed by atoms with Crippen LogP contribution in [0.15, 0.2) is 0 Å². The van der Waals surface area contributed by atoms with E-state index in [0.29, 0.717) is 0 Å². The quantitative estimate of drug-likeness (QED) is 0.753. The summed E-state index contributed by atoms with van der Waals surface area (Å²) in [6.07, 6.45) is 0.936. The van der Waals surface area contributed by atoms with E-state index in [-0.39, 0.29) is 24.0 Å². The molecule has 2 unspecified atom stereocenters. The van der Waals surface area contributed by atoms with Crippen molar-refractivity contribution in [2.45, 2.75) is 38.4 Å². The largest absolute Gasteiger partial charge is 0.311 e. The second kappa shape index (κ2) is 5.07. The molecule has 0 bridgehead atoms. The van der Waals surface area contributed by atoms with E-state index in [4.69, 9.17) is 0 Å². The smallest absolute Gasteiger partial charge is 0.150 e. The summed E-state index contributed by atoms with van der Waals surface area (Å²) in [6.45, 7) is 2.45. The molecule has 1 N–H and O–H groups in total. The van der Waals surface area contributed by atoms with Gasteiger partial charge in [0.2, 0.25) is 0 Å². The molecule has 0 saturated carbocycles. The standard InChI is InChI=1S/C9H18FNO2S/c1-2-14(12,13)7-5-8(10)9-4-3-6-11-9/h8-9,11H,2-7H2,1H3. The average Bonchev–Trinajstić information content (AvgIpc) is 2.67. The highest BCUT2D eigenvalue weighted by molar-refractivity contribution is 7.91. The molecule has 5 heteroatoms. The zero-order chi connectivity index (χ0) is 10.6. The SMILES string of the molecule is CCS(=O)(=O)CCC(F)C1CCCN1. The van der Waals surface area contributed by atoms with Crippen molar-refractivity contribution in [3.8, 4) is 0 Å². The molecular formula is C9H18FNO2S.